The Labute approximate surface area is 161 Å². The monoisotopic (exact) mass is 397 g/mol. The van der Waals surface area contributed by atoms with Gasteiger partial charge in [-0.2, -0.15) is 5.10 Å². The Hall–Kier alpha value is -2.10. The van der Waals surface area contributed by atoms with Gasteiger partial charge in [-0.3, -0.25) is 0 Å². The van der Waals surface area contributed by atoms with E-state index in [1.807, 2.05) is 25.2 Å². The van der Waals surface area contributed by atoms with E-state index in [4.69, 9.17) is 9.47 Å². The van der Waals surface area contributed by atoms with Gasteiger partial charge in [-0.15, -0.1) is 0 Å². The number of nitrogens with zero attached hydrogens (tertiary/aromatic N) is 3. The second kappa shape index (κ2) is 8.28. The van der Waals surface area contributed by atoms with Gasteiger partial charge in [-0.25, -0.2) is 17.4 Å². The molecule has 2 aromatic rings. The van der Waals surface area contributed by atoms with Crippen LogP contribution in [0.5, 0.6) is 11.5 Å². The normalized spacial score (nSPS) is 13.0. The fraction of sp³-hybridized carbons (Fsp3) is 0.500. The van der Waals surface area contributed by atoms with Crippen LogP contribution in [-0.2, 0) is 23.2 Å². The Morgan fingerprint density at radius 1 is 1.19 bits per heavy atom. The molecule has 1 N–H and O–H groups in total. The van der Waals surface area contributed by atoms with Crippen molar-refractivity contribution in [2.24, 2.45) is 0 Å². The molecule has 9 heteroatoms. The minimum atomic E-state index is -3.52. The van der Waals surface area contributed by atoms with Gasteiger partial charge in [0.15, 0.2) is 6.67 Å². The molecule has 0 aliphatic carbocycles. The number of hydrogen-bond donors (Lipinski definition) is 1. The molecule has 0 aliphatic heterocycles. The van der Waals surface area contributed by atoms with Crippen molar-refractivity contribution in [3.63, 3.8) is 0 Å². The summed E-state index contributed by atoms with van der Waals surface area (Å²) in [6.07, 6.45) is 0. The summed E-state index contributed by atoms with van der Waals surface area (Å²) in [7, 11) is 4.81. The molecule has 2 rings (SSSR count). The average molecular weight is 398 g/mol. The smallest absolute Gasteiger partial charge is 0.246 e. The highest BCUT2D eigenvalue weighted by atomic mass is 32.2. The number of rotatable bonds is 8. The first-order chi connectivity index (χ1) is 12.6. The van der Waals surface area contributed by atoms with Crippen LogP contribution in [0.2, 0.25) is 0 Å². The quantitative estimate of drug-likeness (QED) is 0.699. The molecule has 0 spiro atoms. The number of quaternary nitrogens is 1. The van der Waals surface area contributed by atoms with E-state index >= 15 is 0 Å². The predicted octanol–water partition coefficient (Wildman–Crippen LogP) is 0.440. The molecular formula is C18H29N4O4S+. The minimum Gasteiger partial charge on any atom is -0.497 e. The average Bonchev–Trinajstić information content (AvgIpc) is 2.88. The van der Waals surface area contributed by atoms with E-state index in [1.54, 1.807) is 32.7 Å². The van der Waals surface area contributed by atoms with Crippen molar-refractivity contribution in [1.82, 2.24) is 14.1 Å². The Morgan fingerprint density at radius 2 is 1.85 bits per heavy atom. The van der Waals surface area contributed by atoms with E-state index in [0.29, 0.717) is 24.6 Å². The van der Waals surface area contributed by atoms with Crippen LogP contribution in [0.4, 0.5) is 0 Å². The van der Waals surface area contributed by atoms with E-state index in [9.17, 15) is 8.42 Å². The van der Waals surface area contributed by atoms with Gasteiger partial charge in [0.05, 0.1) is 32.7 Å². The molecule has 1 atom stereocenters. The summed E-state index contributed by atoms with van der Waals surface area (Å²) < 4.78 is 38.7. The zero-order valence-corrected chi connectivity index (χ0v) is 17.8. The molecule has 150 valence electrons. The van der Waals surface area contributed by atoms with E-state index in [1.165, 1.54) is 18.4 Å². The zero-order chi connectivity index (χ0) is 20.4. The maximum Gasteiger partial charge on any atom is 0.246 e. The van der Waals surface area contributed by atoms with Gasteiger partial charge in [0.25, 0.3) is 0 Å². The highest BCUT2D eigenvalue weighted by Gasteiger charge is 2.27. The second-order valence-electron chi connectivity index (χ2n) is 6.76. The van der Waals surface area contributed by atoms with Gasteiger partial charge in [0.2, 0.25) is 10.0 Å². The number of benzene rings is 1. The van der Waals surface area contributed by atoms with Crippen LogP contribution in [-0.4, -0.2) is 57.9 Å². The van der Waals surface area contributed by atoms with Crippen molar-refractivity contribution in [2.75, 3.05) is 35.4 Å². The van der Waals surface area contributed by atoms with E-state index < -0.39 is 10.0 Å². The first-order valence-corrected chi connectivity index (χ1v) is 10.0. The minimum absolute atomic E-state index is 0.280. The highest BCUT2D eigenvalue weighted by molar-refractivity contribution is 7.89. The Balaban J connectivity index is 2.24. The number of aryl methyl sites for hydroxylation is 1. The Bertz CT molecular complexity index is 906. The summed E-state index contributed by atoms with van der Waals surface area (Å²) in [4.78, 5) is 1.42. The van der Waals surface area contributed by atoms with Gasteiger partial charge in [-0.1, -0.05) is 0 Å². The standard InChI is InChI=1S/C18H28N4O4S/c1-13-18(27(23,24)20(3)4)14(2)22(19-13)12-21(5)11-15-8-9-16(25-6)10-17(15)26-7/h8-10H,11-12H2,1-7H3/p+1. The molecule has 0 radical (unpaired) electrons. The third-order valence-electron chi connectivity index (χ3n) is 4.46. The summed E-state index contributed by atoms with van der Waals surface area (Å²) in [5.74, 6) is 1.50. The van der Waals surface area contributed by atoms with Crippen molar-refractivity contribution in [2.45, 2.75) is 32.0 Å². The molecule has 0 bridgehead atoms. The third kappa shape index (κ3) is 4.42. The fourth-order valence-electron chi connectivity index (χ4n) is 3.02. The number of hydrogen-bond acceptors (Lipinski definition) is 5. The van der Waals surface area contributed by atoms with Gasteiger partial charge in [0.1, 0.15) is 22.9 Å². The summed E-state index contributed by atoms with van der Waals surface area (Å²) in [5.41, 5.74) is 2.19. The van der Waals surface area contributed by atoms with Crippen molar-refractivity contribution >= 4 is 10.0 Å². The Kier molecular flexibility index (Phi) is 6.50. The number of ether oxygens (including phenoxy) is 2. The lowest BCUT2D eigenvalue weighted by Gasteiger charge is -2.17. The van der Waals surface area contributed by atoms with Crippen molar-refractivity contribution in [1.29, 1.82) is 0 Å². The number of aromatic nitrogens is 2. The van der Waals surface area contributed by atoms with Gasteiger partial charge >= 0.3 is 0 Å². The molecule has 1 unspecified atom stereocenters. The van der Waals surface area contributed by atoms with Gasteiger partial charge < -0.3 is 14.4 Å². The first-order valence-electron chi connectivity index (χ1n) is 8.60. The van der Waals surface area contributed by atoms with Crippen LogP contribution >= 0.6 is 0 Å². The summed E-state index contributed by atoms with van der Waals surface area (Å²) in [5, 5.41) is 4.45. The molecule has 0 saturated heterocycles. The number of methoxy groups -OCH3 is 2. The van der Waals surface area contributed by atoms with E-state index in [0.717, 1.165) is 22.0 Å². The molecule has 1 aromatic heterocycles. The third-order valence-corrected chi connectivity index (χ3v) is 6.53. The van der Waals surface area contributed by atoms with Crippen LogP contribution < -0.4 is 14.4 Å². The fourth-order valence-corrected chi connectivity index (χ4v) is 4.28. The lowest BCUT2D eigenvalue weighted by atomic mass is 10.2. The SMILES string of the molecule is COc1ccc(C[NH+](C)Cn2nc(C)c(S(=O)(=O)N(C)C)c2C)c(OC)c1. The molecular weight excluding hydrogens is 368 g/mol. The van der Waals surface area contributed by atoms with E-state index in [2.05, 4.69) is 5.10 Å². The topological polar surface area (TPSA) is 78.1 Å². The Morgan fingerprint density at radius 3 is 2.41 bits per heavy atom. The van der Waals surface area contributed by atoms with Gasteiger partial charge in [0, 0.05) is 25.7 Å². The molecule has 8 nitrogen and oxygen atoms in total. The summed E-state index contributed by atoms with van der Waals surface area (Å²) in [6.45, 7) is 4.74. The molecule has 0 saturated carbocycles. The van der Waals surface area contributed by atoms with Crippen molar-refractivity contribution < 1.29 is 22.8 Å². The zero-order valence-electron chi connectivity index (χ0n) is 17.0. The molecule has 1 heterocycles. The lowest BCUT2D eigenvalue weighted by Crippen LogP contribution is -3.07. The molecule has 1 aromatic carbocycles. The van der Waals surface area contributed by atoms with Crippen LogP contribution in [0.3, 0.4) is 0 Å². The van der Waals surface area contributed by atoms with Crippen molar-refractivity contribution in [3.05, 3.63) is 35.2 Å². The number of nitrogens with one attached hydrogen (secondary N) is 1. The first kappa shape index (κ1) is 21.2. The van der Waals surface area contributed by atoms with Gasteiger partial charge in [-0.05, 0) is 26.0 Å². The molecule has 27 heavy (non-hydrogen) atoms. The van der Waals surface area contributed by atoms with Crippen LogP contribution in [0.15, 0.2) is 23.1 Å². The van der Waals surface area contributed by atoms with E-state index in [-0.39, 0.29) is 4.90 Å². The summed E-state index contributed by atoms with van der Waals surface area (Å²) in [6, 6.07) is 5.73. The summed E-state index contributed by atoms with van der Waals surface area (Å²) >= 11 is 0. The van der Waals surface area contributed by atoms with Crippen LogP contribution in [0.1, 0.15) is 17.0 Å². The number of sulfonamides is 1. The molecule has 0 fully saturated rings. The predicted molar refractivity (Wildman–Crippen MR) is 103 cm³/mol. The second-order valence-corrected chi connectivity index (χ2v) is 8.85. The molecule has 0 aliphatic rings. The maximum atomic E-state index is 12.5. The molecule has 0 amide bonds. The maximum absolute atomic E-state index is 12.5. The van der Waals surface area contributed by atoms with Crippen LogP contribution in [0.25, 0.3) is 0 Å². The highest BCUT2D eigenvalue weighted by Crippen LogP contribution is 2.24. The largest absolute Gasteiger partial charge is 0.497 e. The lowest BCUT2D eigenvalue weighted by molar-refractivity contribution is -0.917. The van der Waals surface area contributed by atoms with Crippen LogP contribution in [0, 0.1) is 13.8 Å². The van der Waals surface area contributed by atoms with Crippen molar-refractivity contribution in [3.8, 4) is 11.5 Å².